The van der Waals surface area contributed by atoms with Crippen molar-refractivity contribution in [2.24, 2.45) is 0 Å². The molecular weight excluding hydrogens is 314 g/mol. The topological polar surface area (TPSA) is 51.5 Å². The van der Waals surface area contributed by atoms with Crippen LogP contribution in [0.25, 0.3) is 0 Å². The average Bonchev–Trinajstić information content (AvgIpc) is 3.17. The molecule has 0 aliphatic heterocycles. The molecule has 1 atom stereocenters. The maximum Gasteiger partial charge on any atom is 0.225 e. The summed E-state index contributed by atoms with van der Waals surface area (Å²) in [5.74, 6) is 1.46. The van der Waals surface area contributed by atoms with Crippen molar-refractivity contribution in [1.82, 2.24) is 5.32 Å². The molecule has 1 aromatic heterocycles. The molecule has 1 N–H and O–H groups in total. The second kappa shape index (κ2) is 8.20. The molecule has 1 unspecified atom stereocenters. The van der Waals surface area contributed by atoms with Crippen LogP contribution in [-0.2, 0) is 11.2 Å². The number of carbonyl (C=O) groups excluding carboxylic acids is 1. The van der Waals surface area contributed by atoms with Gasteiger partial charge in [0.1, 0.15) is 17.6 Å². The van der Waals surface area contributed by atoms with Gasteiger partial charge in [-0.25, -0.2) is 0 Å². The van der Waals surface area contributed by atoms with E-state index < -0.39 is 0 Å². The lowest BCUT2D eigenvalue weighted by molar-refractivity contribution is -0.121. The van der Waals surface area contributed by atoms with Crippen LogP contribution >= 0.6 is 0 Å². The summed E-state index contributed by atoms with van der Waals surface area (Å²) in [6, 6.07) is 20.8. The average molecular weight is 335 g/mol. The van der Waals surface area contributed by atoms with Crippen LogP contribution in [0.3, 0.4) is 0 Å². The summed E-state index contributed by atoms with van der Waals surface area (Å²) < 4.78 is 10.9. The summed E-state index contributed by atoms with van der Waals surface area (Å²) in [7, 11) is 0. The summed E-state index contributed by atoms with van der Waals surface area (Å²) in [6.07, 6.45) is 1.92. The Hall–Kier alpha value is -3.01. The number of amides is 1. The summed E-state index contributed by atoms with van der Waals surface area (Å²) >= 11 is 0. The highest BCUT2D eigenvalue weighted by molar-refractivity contribution is 5.79. The fraction of sp³-hybridized carbons (Fsp3) is 0.190. The van der Waals surface area contributed by atoms with E-state index in [0.717, 1.165) is 16.9 Å². The maximum atomic E-state index is 12.5. The van der Waals surface area contributed by atoms with Crippen LogP contribution < -0.4 is 10.1 Å². The largest absolute Gasteiger partial charge is 0.494 e. The molecule has 0 aliphatic carbocycles. The van der Waals surface area contributed by atoms with Crippen molar-refractivity contribution in [2.75, 3.05) is 6.61 Å². The number of hydrogen-bond donors (Lipinski definition) is 1. The Morgan fingerprint density at radius 3 is 2.44 bits per heavy atom. The van der Waals surface area contributed by atoms with Crippen molar-refractivity contribution >= 4 is 5.91 Å². The molecule has 0 bridgehead atoms. The lowest BCUT2D eigenvalue weighted by Crippen LogP contribution is -2.30. The highest BCUT2D eigenvalue weighted by Gasteiger charge is 2.19. The predicted octanol–water partition coefficient (Wildman–Crippen LogP) is 4.13. The first-order valence-corrected chi connectivity index (χ1v) is 8.35. The first-order chi connectivity index (χ1) is 12.3. The molecule has 128 valence electrons. The maximum absolute atomic E-state index is 12.5. The smallest absolute Gasteiger partial charge is 0.225 e. The van der Waals surface area contributed by atoms with E-state index in [0.29, 0.717) is 18.8 Å². The molecule has 1 heterocycles. The van der Waals surface area contributed by atoms with E-state index in [1.54, 1.807) is 6.26 Å². The fourth-order valence-electron chi connectivity index (χ4n) is 2.69. The van der Waals surface area contributed by atoms with Crippen molar-refractivity contribution < 1.29 is 13.9 Å². The van der Waals surface area contributed by atoms with E-state index in [4.69, 9.17) is 9.15 Å². The monoisotopic (exact) mass is 335 g/mol. The number of nitrogens with one attached hydrogen (secondary N) is 1. The molecule has 4 nitrogen and oxygen atoms in total. The summed E-state index contributed by atoms with van der Waals surface area (Å²) in [6.45, 7) is 2.57. The van der Waals surface area contributed by atoms with E-state index >= 15 is 0 Å². The van der Waals surface area contributed by atoms with Crippen molar-refractivity contribution in [3.05, 3.63) is 89.9 Å². The molecule has 0 radical (unpaired) electrons. The van der Waals surface area contributed by atoms with E-state index in [1.807, 2.05) is 73.7 Å². The molecule has 3 rings (SSSR count). The second-order valence-electron chi connectivity index (χ2n) is 5.68. The minimum Gasteiger partial charge on any atom is -0.494 e. The number of hydrogen-bond acceptors (Lipinski definition) is 3. The normalized spacial score (nSPS) is 11.7. The van der Waals surface area contributed by atoms with Crippen LogP contribution in [0.2, 0.25) is 0 Å². The van der Waals surface area contributed by atoms with Gasteiger partial charge in [0.2, 0.25) is 5.91 Å². The minimum atomic E-state index is -0.300. The molecule has 4 heteroatoms. The quantitative estimate of drug-likeness (QED) is 0.706. The molecule has 2 aromatic carbocycles. The van der Waals surface area contributed by atoms with Gasteiger partial charge < -0.3 is 14.5 Å². The van der Waals surface area contributed by atoms with Crippen molar-refractivity contribution in [3.63, 3.8) is 0 Å². The Kier molecular flexibility index (Phi) is 5.52. The van der Waals surface area contributed by atoms with E-state index in [-0.39, 0.29) is 11.9 Å². The zero-order chi connectivity index (χ0) is 17.5. The summed E-state index contributed by atoms with van der Waals surface area (Å²) in [5.41, 5.74) is 1.92. The van der Waals surface area contributed by atoms with Crippen LogP contribution in [0, 0.1) is 0 Å². The van der Waals surface area contributed by atoms with E-state index in [2.05, 4.69) is 5.32 Å². The molecule has 0 saturated carbocycles. The van der Waals surface area contributed by atoms with E-state index in [9.17, 15) is 4.79 Å². The Balaban J connectivity index is 1.70. The molecule has 25 heavy (non-hydrogen) atoms. The number of rotatable bonds is 7. The van der Waals surface area contributed by atoms with Gasteiger partial charge in [0.25, 0.3) is 0 Å². The number of benzene rings is 2. The molecule has 0 fully saturated rings. The van der Waals surface area contributed by atoms with Crippen molar-refractivity contribution in [2.45, 2.75) is 19.4 Å². The van der Waals surface area contributed by atoms with Gasteiger partial charge in [-0.05, 0) is 42.3 Å². The molecule has 1 amide bonds. The number of furan rings is 1. The van der Waals surface area contributed by atoms with Crippen LogP contribution in [0.4, 0.5) is 0 Å². The highest BCUT2D eigenvalue weighted by Crippen LogP contribution is 2.22. The standard InChI is InChI=1S/C21H21NO3/c1-2-24-18-12-10-16(11-13-18)15-20(23)22-21(19-9-6-14-25-19)17-7-4-3-5-8-17/h3-14,21H,2,15H2,1H3,(H,22,23). The Bertz CT molecular complexity index is 780. The molecule has 3 aromatic rings. The molecule has 0 aliphatic rings. The van der Waals surface area contributed by atoms with Crippen molar-refractivity contribution in [1.29, 1.82) is 0 Å². The van der Waals surface area contributed by atoms with Gasteiger partial charge in [-0.3, -0.25) is 4.79 Å². The zero-order valence-electron chi connectivity index (χ0n) is 14.1. The SMILES string of the molecule is CCOc1ccc(CC(=O)NC(c2ccccc2)c2ccco2)cc1. The van der Waals surface area contributed by atoms with Gasteiger partial charge in [0.15, 0.2) is 0 Å². The highest BCUT2D eigenvalue weighted by atomic mass is 16.5. The van der Waals surface area contributed by atoms with Gasteiger partial charge in [-0.15, -0.1) is 0 Å². The van der Waals surface area contributed by atoms with Gasteiger partial charge in [0, 0.05) is 0 Å². The second-order valence-corrected chi connectivity index (χ2v) is 5.68. The van der Waals surface area contributed by atoms with Crippen molar-refractivity contribution in [3.8, 4) is 5.75 Å². The third-order valence-electron chi connectivity index (χ3n) is 3.86. The number of ether oxygens (including phenoxy) is 1. The summed E-state index contributed by atoms with van der Waals surface area (Å²) in [4.78, 5) is 12.5. The summed E-state index contributed by atoms with van der Waals surface area (Å²) in [5, 5.41) is 3.06. The van der Waals surface area contributed by atoms with E-state index in [1.165, 1.54) is 0 Å². The van der Waals surface area contributed by atoms with Gasteiger partial charge in [-0.1, -0.05) is 42.5 Å². The minimum absolute atomic E-state index is 0.0607. The van der Waals surface area contributed by atoms with Crippen LogP contribution in [0.1, 0.15) is 29.9 Å². The third kappa shape index (κ3) is 4.51. The predicted molar refractivity (Wildman–Crippen MR) is 96.5 cm³/mol. The van der Waals surface area contributed by atoms with Crippen LogP contribution in [0.5, 0.6) is 5.75 Å². The van der Waals surface area contributed by atoms with Crippen LogP contribution in [0.15, 0.2) is 77.4 Å². The fourth-order valence-corrected chi connectivity index (χ4v) is 2.69. The lowest BCUT2D eigenvalue weighted by Gasteiger charge is -2.17. The Labute approximate surface area is 147 Å². The first-order valence-electron chi connectivity index (χ1n) is 8.35. The molecule has 0 saturated heterocycles. The molecular formula is C21H21NO3. The first kappa shape index (κ1) is 16.8. The Morgan fingerprint density at radius 1 is 1.04 bits per heavy atom. The van der Waals surface area contributed by atoms with Crippen LogP contribution in [-0.4, -0.2) is 12.5 Å². The number of carbonyl (C=O) groups is 1. The van der Waals surface area contributed by atoms with Gasteiger partial charge >= 0.3 is 0 Å². The Morgan fingerprint density at radius 2 is 1.80 bits per heavy atom. The zero-order valence-corrected chi connectivity index (χ0v) is 14.1. The third-order valence-corrected chi connectivity index (χ3v) is 3.86. The molecule has 0 spiro atoms. The van der Waals surface area contributed by atoms with Gasteiger partial charge in [0.05, 0.1) is 19.3 Å². The lowest BCUT2D eigenvalue weighted by atomic mass is 10.0. The van der Waals surface area contributed by atoms with Gasteiger partial charge in [-0.2, -0.15) is 0 Å².